The Hall–Kier alpha value is -2.60. The van der Waals surface area contributed by atoms with Gasteiger partial charge in [0.25, 0.3) is 5.56 Å². The predicted octanol–water partition coefficient (Wildman–Crippen LogP) is 2.85. The summed E-state index contributed by atoms with van der Waals surface area (Å²) in [5.41, 5.74) is 1.37. The van der Waals surface area contributed by atoms with Crippen molar-refractivity contribution in [1.82, 2.24) is 14.5 Å². The van der Waals surface area contributed by atoms with Crippen molar-refractivity contribution in [2.75, 3.05) is 6.61 Å². The molecule has 0 amide bonds. The van der Waals surface area contributed by atoms with Gasteiger partial charge in [-0.25, -0.2) is 9.78 Å². The fourth-order valence-electron chi connectivity index (χ4n) is 2.60. The van der Waals surface area contributed by atoms with E-state index >= 15 is 0 Å². The Morgan fingerprint density at radius 3 is 2.83 bits per heavy atom. The van der Waals surface area contributed by atoms with Crippen LogP contribution in [0.1, 0.15) is 23.0 Å². The van der Waals surface area contributed by atoms with Crippen LogP contribution in [-0.2, 0) is 4.74 Å². The molecule has 2 heterocycles. The van der Waals surface area contributed by atoms with E-state index in [9.17, 15) is 9.59 Å². The Kier molecular flexibility index (Phi) is 3.92. The number of ether oxygens (including phenoxy) is 1. The van der Waals surface area contributed by atoms with E-state index in [4.69, 9.17) is 16.3 Å². The monoisotopic (exact) mass is 331 g/mol. The zero-order chi connectivity index (χ0) is 16.6. The molecule has 7 heteroatoms. The number of fused-ring (bicyclic) bond motifs is 1. The molecule has 0 aliphatic heterocycles. The van der Waals surface area contributed by atoms with Crippen LogP contribution in [0.3, 0.4) is 0 Å². The first-order chi connectivity index (χ1) is 11.1. The lowest BCUT2D eigenvalue weighted by Gasteiger charge is -2.11. The molecule has 0 bridgehead atoms. The van der Waals surface area contributed by atoms with Gasteiger partial charge >= 0.3 is 5.97 Å². The number of carbonyl (C=O) groups is 1. The number of halogens is 1. The van der Waals surface area contributed by atoms with Gasteiger partial charge in [-0.2, -0.15) is 0 Å². The highest BCUT2D eigenvalue weighted by molar-refractivity contribution is 6.32. The van der Waals surface area contributed by atoms with Gasteiger partial charge in [-0.05, 0) is 31.5 Å². The molecule has 3 aromatic rings. The third-order valence-electron chi connectivity index (χ3n) is 3.56. The standard InChI is InChI=1S/C16H14ClN3O3/c1-3-23-16(22)13-9(2)12-14(18-8-19-15(12)21)20(13)11-7-5-4-6-10(11)17/h4-8H,3H2,1-2H3,(H,18,19,21). The fraction of sp³-hybridized carbons (Fsp3) is 0.188. The lowest BCUT2D eigenvalue weighted by molar-refractivity contribution is 0.0516. The summed E-state index contributed by atoms with van der Waals surface area (Å²) in [4.78, 5) is 31.3. The Morgan fingerprint density at radius 1 is 1.39 bits per heavy atom. The summed E-state index contributed by atoms with van der Waals surface area (Å²) in [6.45, 7) is 3.64. The molecule has 0 radical (unpaired) electrons. The van der Waals surface area contributed by atoms with E-state index in [2.05, 4.69) is 9.97 Å². The van der Waals surface area contributed by atoms with E-state index in [1.807, 2.05) is 0 Å². The Morgan fingerprint density at radius 2 is 2.13 bits per heavy atom. The molecule has 118 valence electrons. The highest BCUT2D eigenvalue weighted by Crippen LogP contribution is 2.29. The van der Waals surface area contributed by atoms with Gasteiger partial charge in [-0.15, -0.1) is 0 Å². The number of aryl methyl sites for hydroxylation is 1. The highest BCUT2D eigenvalue weighted by atomic mass is 35.5. The maximum absolute atomic E-state index is 12.4. The minimum atomic E-state index is -0.526. The minimum absolute atomic E-state index is 0.228. The molecule has 0 saturated heterocycles. The smallest absolute Gasteiger partial charge is 0.355 e. The van der Waals surface area contributed by atoms with Crippen molar-refractivity contribution < 1.29 is 9.53 Å². The number of nitrogens with zero attached hydrogens (tertiary/aromatic N) is 2. The van der Waals surface area contributed by atoms with E-state index in [-0.39, 0.29) is 17.9 Å². The van der Waals surface area contributed by atoms with Crippen LogP contribution < -0.4 is 5.56 Å². The number of carbonyl (C=O) groups excluding carboxylic acids is 1. The van der Waals surface area contributed by atoms with E-state index < -0.39 is 5.97 Å². The van der Waals surface area contributed by atoms with Crippen molar-refractivity contribution >= 4 is 28.6 Å². The van der Waals surface area contributed by atoms with Crippen LogP contribution in [0.5, 0.6) is 0 Å². The molecule has 0 fully saturated rings. The van der Waals surface area contributed by atoms with Gasteiger partial charge in [0.15, 0.2) is 5.65 Å². The van der Waals surface area contributed by atoms with Crippen molar-refractivity contribution in [2.45, 2.75) is 13.8 Å². The number of aromatic amines is 1. The third kappa shape index (κ3) is 2.41. The summed E-state index contributed by atoms with van der Waals surface area (Å²) in [5.74, 6) is -0.526. The van der Waals surface area contributed by atoms with Crippen molar-refractivity contribution in [3.05, 3.63) is 57.2 Å². The van der Waals surface area contributed by atoms with Crippen LogP contribution in [0.25, 0.3) is 16.7 Å². The zero-order valence-corrected chi connectivity index (χ0v) is 13.3. The van der Waals surface area contributed by atoms with Crippen LogP contribution in [0, 0.1) is 6.92 Å². The van der Waals surface area contributed by atoms with Gasteiger partial charge < -0.3 is 9.72 Å². The first kappa shape index (κ1) is 15.3. The number of hydrogen-bond donors (Lipinski definition) is 1. The summed E-state index contributed by atoms with van der Waals surface area (Å²) < 4.78 is 6.71. The molecular formula is C16H14ClN3O3. The Balaban J connectivity index is 2.46. The fourth-order valence-corrected chi connectivity index (χ4v) is 2.82. The molecule has 6 nitrogen and oxygen atoms in total. The number of para-hydroxylation sites is 1. The molecule has 0 saturated carbocycles. The number of rotatable bonds is 3. The molecular weight excluding hydrogens is 318 g/mol. The average molecular weight is 332 g/mol. The van der Waals surface area contributed by atoms with Crippen LogP contribution in [0.4, 0.5) is 0 Å². The zero-order valence-electron chi connectivity index (χ0n) is 12.6. The van der Waals surface area contributed by atoms with Gasteiger partial charge in [-0.3, -0.25) is 9.36 Å². The van der Waals surface area contributed by atoms with Gasteiger partial charge in [-0.1, -0.05) is 23.7 Å². The second-order valence-corrected chi connectivity index (χ2v) is 5.32. The number of benzene rings is 1. The average Bonchev–Trinajstić information content (AvgIpc) is 2.82. The molecule has 23 heavy (non-hydrogen) atoms. The van der Waals surface area contributed by atoms with E-state index in [0.29, 0.717) is 27.3 Å². The Labute approximate surface area is 136 Å². The summed E-state index contributed by atoms with van der Waals surface area (Å²) in [6, 6.07) is 7.05. The van der Waals surface area contributed by atoms with Gasteiger partial charge in [0.05, 0.1) is 29.0 Å². The number of aromatic nitrogens is 3. The maximum atomic E-state index is 12.4. The molecule has 3 rings (SSSR count). The molecule has 0 aliphatic carbocycles. The van der Waals surface area contributed by atoms with E-state index in [0.717, 1.165) is 0 Å². The summed E-state index contributed by atoms with van der Waals surface area (Å²) in [7, 11) is 0. The number of hydrogen-bond acceptors (Lipinski definition) is 4. The quantitative estimate of drug-likeness (QED) is 0.749. The van der Waals surface area contributed by atoms with Crippen LogP contribution in [0.15, 0.2) is 35.4 Å². The topological polar surface area (TPSA) is 77.0 Å². The maximum Gasteiger partial charge on any atom is 0.355 e. The minimum Gasteiger partial charge on any atom is -0.461 e. The van der Waals surface area contributed by atoms with Gasteiger partial charge in [0, 0.05) is 0 Å². The van der Waals surface area contributed by atoms with E-state index in [1.54, 1.807) is 42.7 Å². The number of nitrogens with one attached hydrogen (secondary N) is 1. The van der Waals surface area contributed by atoms with Crippen molar-refractivity contribution in [1.29, 1.82) is 0 Å². The molecule has 2 aromatic heterocycles. The molecule has 0 unspecified atom stereocenters. The van der Waals surface area contributed by atoms with Gasteiger partial charge in [0.1, 0.15) is 5.69 Å². The van der Waals surface area contributed by atoms with Crippen LogP contribution >= 0.6 is 11.6 Å². The molecule has 1 aromatic carbocycles. The summed E-state index contributed by atoms with van der Waals surface area (Å²) >= 11 is 6.28. The van der Waals surface area contributed by atoms with E-state index in [1.165, 1.54) is 6.33 Å². The SMILES string of the molecule is CCOC(=O)c1c(C)c2c(=O)[nH]cnc2n1-c1ccccc1Cl. The second-order valence-electron chi connectivity index (χ2n) is 4.91. The first-order valence-electron chi connectivity index (χ1n) is 7.07. The summed E-state index contributed by atoms with van der Waals surface area (Å²) in [5, 5.41) is 0.785. The lowest BCUT2D eigenvalue weighted by atomic mass is 10.2. The molecule has 0 spiro atoms. The first-order valence-corrected chi connectivity index (χ1v) is 7.44. The van der Waals surface area contributed by atoms with Gasteiger partial charge in [0.2, 0.25) is 0 Å². The second kappa shape index (κ2) is 5.89. The largest absolute Gasteiger partial charge is 0.461 e. The number of H-pyrrole nitrogens is 1. The lowest BCUT2D eigenvalue weighted by Crippen LogP contribution is -2.13. The summed E-state index contributed by atoms with van der Waals surface area (Å²) in [6.07, 6.45) is 1.30. The van der Waals surface area contributed by atoms with Crippen LogP contribution in [0.2, 0.25) is 5.02 Å². The Bertz CT molecular complexity index is 959. The molecule has 0 atom stereocenters. The van der Waals surface area contributed by atoms with Crippen LogP contribution in [-0.4, -0.2) is 27.1 Å². The highest BCUT2D eigenvalue weighted by Gasteiger charge is 2.25. The molecule has 1 N–H and O–H groups in total. The predicted molar refractivity (Wildman–Crippen MR) is 87.4 cm³/mol. The molecule has 0 aliphatic rings. The van der Waals surface area contributed by atoms with Crippen molar-refractivity contribution in [3.63, 3.8) is 0 Å². The van der Waals surface area contributed by atoms with Crippen molar-refractivity contribution in [2.24, 2.45) is 0 Å². The number of esters is 1. The van der Waals surface area contributed by atoms with Crippen molar-refractivity contribution in [3.8, 4) is 5.69 Å². The third-order valence-corrected chi connectivity index (χ3v) is 3.88. The normalized spacial score (nSPS) is 10.9.